The third-order valence-corrected chi connectivity index (χ3v) is 5.88. The molecule has 2 unspecified atom stereocenters. The molecule has 1 aromatic carbocycles. The molecule has 27 heavy (non-hydrogen) atoms. The summed E-state index contributed by atoms with van der Waals surface area (Å²) in [6.07, 6.45) is 1.14. The highest BCUT2D eigenvalue weighted by molar-refractivity contribution is 5.80. The first kappa shape index (κ1) is 20.0. The summed E-state index contributed by atoms with van der Waals surface area (Å²) in [5.74, 6) is 0.923. The standard InChI is InChI=1S/C21H36N6/c1-17-5-7-20(8-6-17)27-10-9-19(16-27)24-21(22-3)23-15-18(2)26-13-11-25(4)12-14-26/h5-8,18-19H,9-16H2,1-4H3,(H2,22,23,24). The Morgan fingerprint density at radius 3 is 2.52 bits per heavy atom. The van der Waals surface area contributed by atoms with Crippen molar-refractivity contribution in [2.45, 2.75) is 32.4 Å². The van der Waals surface area contributed by atoms with Gasteiger partial charge in [0.2, 0.25) is 0 Å². The third-order valence-electron chi connectivity index (χ3n) is 5.88. The Labute approximate surface area is 164 Å². The zero-order chi connectivity index (χ0) is 19.2. The van der Waals surface area contributed by atoms with Gasteiger partial charge >= 0.3 is 0 Å². The van der Waals surface area contributed by atoms with Crippen LogP contribution in [0.5, 0.6) is 0 Å². The number of nitrogens with zero attached hydrogens (tertiary/aromatic N) is 4. The molecule has 0 amide bonds. The Kier molecular flexibility index (Phi) is 6.96. The van der Waals surface area contributed by atoms with Gasteiger partial charge in [0.1, 0.15) is 0 Å². The fraction of sp³-hybridized carbons (Fsp3) is 0.667. The normalized spacial score (nSPS) is 23.5. The van der Waals surface area contributed by atoms with E-state index in [2.05, 4.69) is 75.5 Å². The molecule has 2 N–H and O–H groups in total. The minimum atomic E-state index is 0.441. The van der Waals surface area contributed by atoms with Crippen LogP contribution in [0.25, 0.3) is 0 Å². The maximum atomic E-state index is 4.44. The predicted molar refractivity (Wildman–Crippen MR) is 115 cm³/mol. The first-order chi connectivity index (χ1) is 13.0. The summed E-state index contributed by atoms with van der Waals surface area (Å²) in [6.45, 7) is 12.1. The van der Waals surface area contributed by atoms with Crippen LogP contribution in [0.1, 0.15) is 18.9 Å². The van der Waals surface area contributed by atoms with Gasteiger partial charge in [-0.05, 0) is 39.4 Å². The molecule has 6 nitrogen and oxygen atoms in total. The molecule has 2 saturated heterocycles. The second-order valence-electron chi connectivity index (χ2n) is 8.05. The van der Waals surface area contributed by atoms with Crippen molar-refractivity contribution in [2.75, 3.05) is 64.8 Å². The van der Waals surface area contributed by atoms with Gasteiger partial charge in [0.05, 0.1) is 0 Å². The quantitative estimate of drug-likeness (QED) is 0.604. The van der Waals surface area contributed by atoms with Gasteiger partial charge in [-0.25, -0.2) is 0 Å². The number of aryl methyl sites for hydroxylation is 1. The summed E-state index contributed by atoms with van der Waals surface area (Å²) in [5, 5.41) is 7.14. The molecular weight excluding hydrogens is 336 g/mol. The van der Waals surface area contributed by atoms with E-state index in [0.717, 1.165) is 58.2 Å². The van der Waals surface area contributed by atoms with E-state index in [1.807, 2.05) is 7.05 Å². The first-order valence-corrected chi connectivity index (χ1v) is 10.3. The van der Waals surface area contributed by atoms with E-state index in [-0.39, 0.29) is 0 Å². The lowest BCUT2D eigenvalue weighted by molar-refractivity contribution is 0.120. The van der Waals surface area contributed by atoms with Gasteiger partial charge in [0, 0.05) is 70.6 Å². The molecule has 3 rings (SSSR count). The van der Waals surface area contributed by atoms with E-state index >= 15 is 0 Å². The van der Waals surface area contributed by atoms with E-state index < -0.39 is 0 Å². The molecule has 2 heterocycles. The predicted octanol–water partition coefficient (Wildman–Crippen LogP) is 1.37. The number of rotatable bonds is 5. The summed E-state index contributed by atoms with van der Waals surface area (Å²) in [5.41, 5.74) is 2.63. The maximum absolute atomic E-state index is 4.44. The molecule has 2 fully saturated rings. The monoisotopic (exact) mass is 372 g/mol. The smallest absolute Gasteiger partial charge is 0.191 e. The van der Waals surface area contributed by atoms with Gasteiger partial charge in [0.15, 0.2) is 5.96 Å². The fourth-order valence-electron chi connectivity index (χ4n) is 3.89. The molecule has 2 aliphatic rings. The van der Waals surface area contributed by atoms with Crippen LogP contribution >= 0.6 is 0 Å². The Morgan fingerprint density at radius 1 is 1.15 bits per heavy atom. The largest absolute Gasteiger partial charge is 0.369 e. The van der Waals surface area contributed by atoms with Gasteiger partial charge in [-0.1, -0.05) is 17.7 Å². The molecule has 0 radical (unpaired) electrons. The van der Waals surface area contributed by atoms with Crippen molar-refractivity contribution in [1.29, 1.82) is 0 Å². The zero-order valence-electron chi connectivity index (χ0n) is 17.4. The number of benzene rings is 1. The second kappa shape index (κ2) is 9.42. The van der Waals surface area contributed by atoms with E-state index in [4.69, 9.17) is 0 Å². The summed E-state index contributed by atoms with van der Waals surface area (Å²) < 4.78 is 0. The summed E-state index contributed by atoms with van der Waals surface area (Å²) in [4.78, 5) is 11.9. The number of guanidine groups is 1. The Bertz CT molecular complexity index is 606. The SMILES string of the molecule is CN=C(NCC(C)N1CCN(C)CC1)NC1CCN(c2ccc(C)cc2)C1. The Morgan fingerprint density at radius 2 is 1.85 bits per heavy atom. The van der Waals surface area contributed by atoms with Crippen LogP contribution < -0.4 is 15.5 Å². The van der Waals surface area contributed by atoms with E-state index in [1.165, 1.54) is 11.3 Å². The molecule has 2 atom stereocenters. The van der Waals surface area contributed by atoms with Crippen molar-refractivity contribution in [3.8, 4) is 0 Å². The van der Waals surface area contributed by atoms with E-state index in [1.54, 1.807) is 0 Å². The number of hydrogen-bond acceptors (Lipinski definition) is 4. The highest BCUT2D eigenvalue weighted by atomic mass is 15.3. The van der Waals surface area contributed by atoms with Crippen LogP contribution in [0.3, 0.4) is 0 Å². The molecule has 0 aliphatic carbocycles. The second-order valence-corrected chi connectivity index (χ2v) is 8.05. The molecule has 150 valence electrons. The van der Waals surface area contributed by atoms with Crippen molar-refractivity contribution < 1.29 is 0 Å². The first-order valence-electron chi connectivity index (χ1n) is 10.3. The van der Waals surface area contributed by atoms with Gasteiger partial charge in [-0.3, -0.25) is 9.89 Å². The summed E-state index contributed by atoms with van der Waals surface area (Å²) >= 11 is 0. The minimum absolute atomic E-state index is 0.441. The third kappa shape index (κ3) is 5.59. The van der Waals surface area contributed by atoms with Gasteiger partial charge in [0.25, 0.3) is 0 Å². The van der Waals surface area contributed by atoms with Crippen molar-refractivity contribution in [2.24, 2.45) is 4.99 Å². The number of piperazine rings is 1. The molecule has 0 spiro atoms. The molecule has 2 aliphatic heterocycles. The Hall–Kier alpha value is -1.79. The molecular formula is C21H36N6. The van der Waals surface area contributed by atoms with Crippen molar-refractivity contribution in [3.63, 3.8) is 0 Å². The van der Waals surface area contributed by atoms with Crippen molar-refractivity contribution >= 4 is 11.6 Å². The maximum Gasteiger partial charge on any atom is 0.191 e. The lowest BCUT2D eigenvalue weighted by Crippen LogP contribution is -2.53. The average Bonchev–Trinajstić information content (AvgIpc) is 3.14. The van der Waals surface area contributed by atoms with Crippen LogP contribution in [-0.2, 0) is 0 Å². The highest BCUT2D eigenvalue weighted by Gasteiger charge is 2.24. The molecule has 1 aromatic rings. The number of nitrogens with one attached hydrogen (secondary N) is 2. The van der Waals surface area contributed by atoms with Gasteiger partial charge in [-0.15, -0.1) is 0 Å². The van der Waals surface area contributed by atoms with Crippen LogP contribution in [0.2, 0.25) is 0 Å². The average molecular weight is 373 g/mol. The minimum Gasteiger partial charge on any atom is -0.369 e. The van der Waals surface area contributed by atoms with Crippen LogP contribution in [-0.4, -0.2) is 87.8 Å². The Balaban J connectivity index is 1.43. The van der Waals surface area contributed by atoms with Crippen LogP contribution in [0.4, 0.5) is 5.69 Å². The zero-order valence-corrected chi connectivity index (χ0v) is 17.4. The van der Waals surface area contributed by atoms with Crippen LogP contribution in [0, 0.1) is 6.92 Å². The molecule has 0 saturated carbocycles. The van der Waals surface area contributed by atoms with Crippen molar-refractivity contribution in [3.05, 3.63) is 29.8 Å². The number of hydrogen-bond donors (Lipinski definition) is 2. The lowest BCUT2D eigenvalue weighted by atomic mass is 10.2. The van der Waals surface area contributed by atoms with Crippen LogP contribution in [0.15, 0.2) is 29.3 Å². The fourth-order valence-corrected chi connectivity index (χ4v) is 3.89. The molecule has 6 heteroatoms. The topological polar surface area (TPSA) is 46.1 Å². The van der Waals surface area contributed by atoms with Gasteiger partial charge < -0.3 is 20.4 Å². The molecule has 0 bridgehead atoms. The summed E-state index contributed by atoms with van der Waals surface area (Å²) in [7, 11) is 4.07. The number of aliphatic imine (C=N–C) groups is 1. The van der Waals surface area contributed by atoms with E-state index in [9.17, 15) is 0 Å². The van der Waals surface area contributed by atoms with Gasteiger partial charge in [-0.2, -0.15) is 0 Å². The van der Waals surface area contributed by atoms with E-state index in [0.29, 0.717) is 12.1 Å². The molecule has 0 aromatic heterocycles. The highest BCUT2D eigenvalue weighted by Crippen LogP contribution is 2.20. The summed E-state index contributed by atoms with van der Waals surface area (Å²) in [6, 6.07) is 9.79. The van der Waals surface area contributed by atoms with Crippen molar-refractivity contribution in [1.82, 2.24) is 20.4 Å². The number of anilines is 1. The lowest BCUT2D eigenvalue weighted by Gasteiger charge is -2.36. The number of likely N-dealkylation sites (N-methyl/N-ethyl adjacent to an activating group) is 1.